The number of nitrogens with zero attached hydrogens (tertiary/aromatic N) is 2. The summed E-state index contributed by atoms with van der Waals surface area (Å²) in [7, 11) is 0. The average Bonchev–Trinajstić information content (AvgIpc) is 2.82. The van der Waals surface area contributed by atoms with E-state index in [1.807, 2.05) is 0 Å². The highest BCUT2D eigenvalue weighted by atomic mass is 35.5. The lowest BCUT2D eigenvalue weighted by Crippen LogP contribution is -2.34. The molecule has 1 aromatic heterocycles. The van der Waals surface area contributed by atoms with Crippen molar-refractivity contribution in [3.63, 3.8) is 0 Å². The van der Waals surface area contributed by atoms with Gasteiger partial charge in [-0.2, -0.15) is 8.78 Å². The first-order valence-electron chi connectivity index (χ1n) is 7.15. The smallest absolute Gasteiger partial charge is 0.340 e. The van der Waals surface area contributed by atoms with E-state index in [1.54, 1.807) is 4.90 Å². The zero-order chi connectivity index (χ0) is 16.9. The summed E-state index contributed by atoms with van der Waals surface area (Å²) in [6.07, 6.45) is -1.78. The minimum atomic E-state index is -4.24. The Morgan fingerprint density at radius 2 is 2.08 bits per heavy atom. The molecule has 24 heavy (non-hydrogen) atoms. The first kappa shape index (κ1) is 20.4. The number of rotatable bonds is 5. The highest BCUT2D eigenvalue weighted by Gasteiger charge is 2.41. The molecule has 136 valence electrons. The van der Waals surface area contributed by atoms with E-state index in [9.17, 15) is 22.4 Å². The van der Waals surface area contributed by atoms with E-state index < -0.39 is 19.0 Å². The van der Waals surface area contributed by atoms with Crippen molar-refractivity contribution in [1.29, 1.82) is 0 Å². The van der Waals surface area contributed by atoms with Gasteiger partial charge in [0.25, 0.3) is 5.91 Å². The summed E-state index contributed by atoms with van der Waals surface area (Å²) < 4.78 is 54.1. The zero-order valence-electron chi connectivity index (χ0n) is 12.7. The number of carbonyl (C=O) groups excluding carboxylic acids is 1. The van der Waals surface area contributed by atoms with Gasteiger partial charge in [-0.25, -0.2) is 13.8 Å². The third-order valence-electron chi connectivity index (χ3n) is 3.34. The van der Waals surface area contributed by atoms with E-state index in [2.05, 4.69) is 15.0 Å². The molecule has 1 aliphatic heterocycles. The number of halogens is 5. The van der Waals surface area contributed by atoms with Crippen molar-refractivity contribution in [3.05, 3.63) is 23.9 Å². The Morgan fingerprint density at radius 1 is 1.33 bits per heavy atom. The molecule has 0 radical (unpaired) electrons. The van der Waals surface area contributed by atoms with Crippen LogP contribution in [-0.4, -0.2) is 60.9 Å². The van der Waals surface area contributed by atoms with Crippen LogP contribution in [0.25, 0.3) is 0 Å². The molecule has 0 atom stereocenters. The molecule has 1 saturated heterocycles. The maximum Gasteiger partial charge on any atom is 0.340 e. The highest BCUT2D eigenvalue weighted by molar-refractivity contribution is 5.94. The number of nitrogens with one attached hydrogen (secondary N) is 1. The third-order valence-corrected chi connectivity index (χ3v) is 3.34. The molecular formula is C14H18ClF4N3O2. The molecule has 0 bridgehead atoms. The SMILES string of the molecule is Cl.O=C(c1ccc(OCC(F)(F)C(F)F)nc1)N1CCCNCC1. The van der Waals surface area contributed by atoms with Crippen LogP contribution >= 0.6 is 12.4 Å². The molecule has 0 aliphatic carbocycles. The van der Waals surface area contributed by atoms with Crippen LogP contribution in [0.15, 0.2) is 18.3 Å². The first-order chi connectivity index (χ1) is 10.9. The second kappa shape index (κ2) is 9.03. The Morgan fingerprint density at radius 3 is 2.71 bits per heavy atom. The summed E-state index contributed by atoms with van der Waals surface area (Å²) in [5, 5.41) is 3.17. The number of hydrogen-bond acceptors (Lipinski definition) is 4. The molecule has 2 rings (SSSR count). The number of carbonyl (C=O) groups is 1. The monoisotopic (exact) mass is 371 g/mol. The van der Waals surface area contributed by atoms with E-state index in [0.29, 0.717) is 25.2 Å². The molecular weight excluding hydrogens is 354 g/mol. The molecule has 0 aromatic carbocycles. The lowest BCUT2D eigenvalue weighted by Gasteiger charge is -2.20. The third kappa shape index (κ3) is 5.48. The molecule has 1 aromatic rings. The Labute approximate surface area is 142 Å². The summed E-state index contributed by atoms with van der Waals surface area (Å²) in [6.45, 7) is 1.25. The van der Waals surface area contributed by atoms with E-state index >= 15 is 0 Å². The Balaban J connectivity index is 0.00000288. The summed E-state index contributed by atoms with van der Waals surface area (Å²) in [5.74, 6) is -4.69. The summed E-state index contributed by atoms with van der Waals surface area (Å²) in [5.41, 5.74) is 0.292. The van der Waals surface area contributed by atoms with Gasteiger partial charge in [-0.3, -0.25) is 4.79 Å². The van der Waals surface area contributed by atoms with Gasteiger partial charge in [0.05, 0.1) is 5.56 Å². The van der Waals surface area contributed by atoms with Crippen molar-refractivity contribution in [3.8, 4) is 5.88 Å². The number of amides is 1. The topological polar surface area (TPSA) is 54.5 Å². The van der Waals surface area contributed by atoms with Crippen LogP contribution in [0.5, 0.6) is 5.88 Å². The number of hydrogen-bond donors (Lipinski definition) is 1. The molecule has 0 spiro atoms. The molecule has 1 fully saturated rings. The molecule has 1 amide bonds. The van der Waals surface area contributed by atoms with Crippen LogP contribution < -0.4 is 10.1 Å². The van der Waals surface area contributed by atoms with Gasteiger partial charge in [-0.1, -0.05) is 0 Å². The molecule has 1 N–H and O–H groups in total. The second-order valence-electron chi connectivity index (χ2n) is 5.13. The van der Waals surface area contributed by atoms with Crippen LogP contribution in [0.2, 0.25) is 0 Å². The fourth-order valence-electron chi connectivity index (χ4n) is 2.06. The number of alkyl halides is 4. The van der Waals surface area contributed by atoms with Crippen molar-refractivity contribution in [2.24, 2.45) is 0 Å². The Kier molecular flexibility index (Phi) is 7.68. The van der Waals surface area contributed by atoms with Gasteiger partial charge in [0.1, 0.15) is 0 Å². The lowest BCUT2D eigenvalue weighted by atomic mass is 10.2. The second-order valence-corrected chi connectivity index (χ2v) is 5.13. The molecule has 0 unspecified atom stereocenters. The van der Waals surface area contributed by atoms with Crippen LogP contribution in [0.4, 0.5) is 17.6 Å². The first-order valence-corrected chi connectivity index (χ1v) is 7.15. The molecule has 0 saturated carbocycles. The normalized spacial score (nSPS) is 15.6. The van der Waals surface area contributed by atoms with Crippen molar-refractivity contribution in [2.45, 2.75) is 18.8 Å². The van der Waals surface area contributed by atoms with Gasteiger partial charge in [-0.15, -0.1) is 12.4 Å². The average molecular weight is 372 g/mol. The van der Waals surface area contributed by atoms with Crippen LogP contribution in [0, 0.1) is 0 Å². The van der Waals surface area contributed by atoms with E-state index in [-0.39, 0.29) is 24.2 Å². The highest BCUT2D eigenvalue weighted by Crippen LogP contribution is 2.23. The van der Waals surface area contributed by atoms with E-state index in [1.165, 1.54) is 18.3 Å². The van der Waals surface area contributed by atoms with Gasteiger partial charge >= 0.3 is 12.3 Å². The zero-order valence-corrected chi connectivity index (χ0v) is 13.5. The van der Waals surface area contributed by atoms with Gasteiger partial charge < -0.3 is 15.0 Å². The molecule has 5 nitrogen and oxygen atoms in total. The van der Waals surface area contributed by atoms with Crippen LogP contribution in [-0.2, 0) is 0 Å². The molecule has 2 heterocycles. The van der Waals surface area contributed by atoms with Crippen molar-refractivity contribution < 1.29 is 27.1 Å². The molecule has 10 heteroatoms. The quantitative estimate of drug-likeness (QED) is 0.806. The maximum absolute atomic E-state index is 12.8. The van der Waals surface area contributed by atoms with Crippen LogP contribution in [0.1, 0.15) is 16.8 Å². The van der Waals surface area contributed by atoms with Gasteiger partial charge in [0.15, 0.2) is 6.61 Å². The minimum absolute atomic E-state index is 0. The van der Waals surface area contributed by atoms with Crippen molar-refractivity contribution in [2.75, 3.05) is 32.8 Å². The standard InChI is InChI=1S/C14H17F4N3O2.ClH/c15-13(16)14(17,18)9-23-11-3-2-10(8-20-11)12(22)21-6-1-4-19-5-7-21;/h2-3,8,13,19H,1,4-7,9H2;1H. The Bertz CT molecular complexity index is 523. The number of pyridine rings is 1. The fraction of sp³-hybridized carbons (Fsp3) is 0.571. The van der Waals surface area contributed by atoms with Crippen molar-refractivity contribution in [1.82, 2.24) is 15.2 Å². The van der Waals surface area contributed by atoms with Crippen LogP contribution in [0.3, 0.4) is 0 Å². The predicted octanol–water partition coefficient (Wildman–Crippen LogP) is 2.22. The van der Waals surface area contributed by atoms with Gasteiger partial charge in [0.2, 0.25) is 5.88 Å². The maximum atomic E-state index is 12.8. The van der Waals surface area contributed by atoms with Gasteiger partial charge in [0, 0.05) is 31.9 Å². The summed E-state index contributed by atoms with van der Waals surface area (Å²) >= 11 is 0. The summed E-state index contributed by atoms with van der Waals surface area (Å²) in [4.78, 5) is 17.7. The minimum Gasteiger partial charge on any atom is -0.471 e. The fourth-order valence-corrected chi connectivity index (χ4v) is 2.06. The number of ether oxygens (including phenoxy) is 1. The summed E-state index contributed by atoms with van der Waals surface area (Å²) in [6, 6.07) is 2.59. The number of aromatic nitrogens is 1. The molecule has 1 aliphatic rings. The predicted molar refractivity (Wildman–Crippen MR) is 81.3 cm³/mol. The van der Waals surface area contributed by atoms with E-state index in [4.69, 9.17) is 0 Å². The lowest BCUT2D eigenvalue weighted by molar-refractivity contribution is -0.148. The van der Waals surface area contributed by atoms with E-state index in [0.717, 1.165) is 13.0 Å². The van der Waals surface area contributed by atoms with Gasteiger partial charge in [-0.05, 0) is 19.0 Å². The van der Waals surface area contributed by atoms with Crippen molar-refractivity contribution >= 4 is 18.3 Å². The largest absolute Gasteiger partial charge is 0.471 e. The Hall–Kier alpha value is -1.61.